The molecule has 9 heteroatoms. The first-order valence-electron chi connectivity index (χ1n) is 7.41. The molecule has 3 aromatic rings. The fourth-order valence-corrected chi connectivity index (χ4v) is 3.35. The number of phenolic OH excluding ortho intramolecular Hbond substituents is 1. The summed E-state index contributed by atoms with van der Waals surface area (Å²) in [7, 11) is 1.58. The molecule has 26 heavy (non-hydrogen) atoms. The van der Waals surface area contributed by atoms with E-state index in [2.05, 4.69) is 47.3 Å². The van der Waals surface area contributed by atoms with Crippen LogP contribution in [0.2, 0.25) is 0 Å². The lowest BCUT2D eigenvalue weighted by Gasteiger charge is -2.05. The van der Waals surface area contributed by atoms with Gasteiger partial charge in [0.15, 0.2) is 0 Å². The molecule has 0 unspecified atom stereocenters. The lowest BCUT2D eigenvalue weighted by Crippen LogP contribution is -2.23. The van der Waals surface area contributed by atoms with Crippen LogP contribution in [-0.4, -0.2) is 28.3 Å². The third-order valence-corrected chi connectivity index (χ3v) is 4.69. The van der Waals surface area contributed by atoms with Crippen molar-refractivity contribution in [3.05, 3.63) is 56.8 Å². The molecular weight excluding hydrogens is 470 g/mol. The number of carbonyl (C=O) groups excluding carboxylic acids is 1. The van der Waals surface area contributed by atoms with Crippen LogP contribution in [-0.2, 0) is 6.54 Å². The van der Waals surface area contributed by atoms with E-state index in [4.69, 9.17) is 9.26 Å². The number of halogens is 2. The fourth-order valence-electron chi connectivity index (χ4n) is 2.17. The topological polar surface area (TPSA) is 97.5 Å². The maximum absolute atomic E-state index is 12.2. The van der Waals surface area contributed by atoms with Crippen LogP contribution in [0.3, 0.4) is 0 Å². The summed E-state index contributed by atoms with van der Waals surface area (Å²) in [5, 5.41) is 16.3. The van der Waals surface area contributed by atoms with Crippen LogP contribution in [0.15, 0.2) is 49.9 Å². The van der Waals surface area contributed by atoms with Crippen molar-refractivity contribution in [2.24, 2.45) is 0 Å². The molecule has 2 aromatic carbocycles. The van der Waals surface area contributed by atoms with E-state index in [1.165, 1.54) is 0 Å². The molecule has 134 valence electrons. The summed E-state index contributed by atoms with van der Waals surface area (Å²) < 4.78 is 11.1. The summed E-state index contributed by atoms with van der Waals surface area (Å²) in [6.07, 6.45) is 0. The van der Waals surface area contributed by atoms with Crippen molar-refractivity contribution in [3.8, 4) is 22.9 Å². The maximum Gasteiger partial charge on any atom is 0.316 e. The number of hydrogen-bond acceptors (Lipinski definition) is 6. The van der Waals surface area contributed by atoms with E-state index in [9.17, 15) is 9.90 Å². The highest BCUT2D eigenvalue weighted by Crippen LogP contribution is 2.36. The van der Waals surface area contributed by atoms with Gasteiger partial charge in [-0.15, -0.1) is 0 Å². The summed E-state index contributed by atoms with van der Waals surface area (Å²) in [4.78, 5) is 16.3. The van der Waals surface area contributed by atoms with E-state index < -0.39 is 5.91 Å². The van der Waals surface area contributed by atoms with Gasteiger partial charge < -0.3 is 19.7 Å². The number of hydrogen-bond donors (Lipinski definition) is 2. The van der Waals surface area contributed by atoms with E-state index in [1.807, 2.05) is 24.3 Å². The third kappa shape index (κ3) is 4.05. The lowest BCUT2D eigenvalue weighted by atomic mass is 10.2. The number of aromatic hydroxyl groups is 1. The summed E-state index contributed by atoms with van der Waals surface area (Å²) in [6, 6.07) is 10.6. The molecule has 0 aliphatic rings. The lowest BCUT2D eigenvalue weighted by molar-refractivity contribution is 0.0907. The van der Waals surface area contributed by atoms with Gasteiger partial charge in [-0.3, -0.25) is 4.79 Å². The van der Waals surface area contributed by atoms with Crippen molar-refractivity contribution < 1.29 is 19.2 Å². The molecule has 0 aliphatic heterocycles. The molecule has 0 radical (unpaired) electrons. The Morgan fingerprint density at radius 1 is 1.27 bits per heavy atom. The summed E-state index contributed by atoms with van der Waals surface area (Å²) in [5.74, 6) is 0.374. The Morgan fingerprint density at radius 3 is 2.69 bits per heavy atom. The quantitative estimate of drug-likeness (QED) is 0.572. The maximum atomic E-state index is 12.2. The monoisotopic (exact) mass is 481 g/mol. The smallest absolute Gasteiger partial charge is 0.316 e. The van der Waals surface area contributed by atoms with Crippen molar-refractivity contribution >= 4 is 37.8 Å². The zero-order valence-electron chi connectivity index (χ0n) is 13.5. The molecule has 0 atom stereocenters. The van der Waals surface area contributed by atoms with Crippen molar-refractivity contribution in [1.29, 1.82) is 0 Å². The number of rotatable bonds is 5. The van der Waals surface area contributed by atoms with Crippen molar-refractivity contribution in [2.45, 2.75) is 6.54 Å². The summed E-state index contributed by atoms with van der Waals surface area (Å²) in [6.45, 7) is 0.296. The molecule has 0 aliphatic carbocycles. The Kier molecular flexibility index (Phi) is 5.58. The Labute approximate surface area is 165 Å². The fraction of sp³-hybridized carbons (Fsp3) is 0.118. The van der Waals surface area contributed by atoms with Crippen molar-refractivity contribution in [3.63, 3.8) is 0 Å². The Morgan fingerprint density at radius 2 is 2.00 bits per heavy atom. The molecule has 0 saturated heterocycles. The molecule has 0 saturated carbocycles. The van der Waals surface area contributed by atoms with Gasteiger partial charge in [0.05, 0.1) is 16.1 Å². The number of phenols is 1. The standard InChI is InChI=1S/C17H13Br2N3O4/c1-25-11-4-2-3-9(5-11)8-20-16(24)17-21-15(22-26-17)10-6-12(18)14(23)13(19)7-10/h2-7,23H,8H2,1H3,(H,20,24). The van der Waals surface area contributed by atoms with E-state index in [0.29, 0.717) is 26.8 Å². The number of aromatic nitrogens is 2. The van der Waals surface area contributed by atoms with Crippen LogP contribution in [0.25, 0.3) is 11.4 Å². The van der Waals surface area contributed by atoms with Crippen LogP contribution in [0.5, 0.6) is 11.5 Å². The highest BCUT2D eigenvalue weighted by atomic mass is 79.9. The first kappa shape index (κ1) is 18.4. The average molecular weight is 483 g/mol. The number of ether oxygens (including phenoxy) is 1. The molecule has 1 amide bonds. The number of methoxy groups -OCH3 is 1. The van der Waals surface area contributed by atoms with Gasteiger partial charge in [0.2, 0.25) is 5.82 Å². The molecule has 1 aromatic heterocycles. The van der Waals surface area contributed by atoms with E-state index in [-0.39, 0.29) is 17.5 Å². The van der Waals surface area contributed by atoms with Crippen LogP contribution in [0, 0.1) is 0 Å². The van der Waals surface area contributed by atoms with Gasteiger partial charge in [-0.05, 0) is 61.7 Å². The number of nitrogens with one attached hydrogen (secondary N) is 1. The molecule has 1 heterocycles. The third-order valence-electron chi connectivity index (χ3n) is 3.48. The van der Waals surface area contributed by atoms with Gasteiger partial charge in [-0.25, -0.2) is 0 Å². The molecule has 7 nitrogen and oxygen atoms in total. The van der Waals surface area contributed by atoms with Gasteiger partial charge >= 0.3 is 11.8 Å². The first-order chi connectivity index (χ1) is 12.5. The highest BCUT2D eigenvalue weighted by molar-refractivity contribution is 9.11. The second kappa shape index (κ2) is 7.88. The van der Waals surface area contributed by atoms with Gasteiger partial charge in [-0.2, -0.15) is 4.98 Å². The van der Waals surface area contributed by atoms with E-state index in [1.54, 1.807) is 19.2 Å². The van der Waals surface area contributed by atoms with Crippen molar-refractivity contribution in [1.82, 2.24) is 15.5 Å². The minimum atomic E-state index is -0.483. The number of amides is 1. The normalized spacial score (nSPS) is 10.6. The second-order valence-electron chi connectivity index (χ2n) is 5.25. The zero-order valence-corrected chi connectivity index (χ0v) is 16.7. The molecule has 3 rings (SSSR count). The van der Waals surface area contributed by atoms with Crippen molar-refractivity contribution in [2.75, 3.05) is 7.11 Å². The first-order valence-corrected chi connectivity index (χ1v) is 8.99. The molecule has 0 fully saturated rings. The Balaban J connectivity index is 1.72. The minimum absolute atomic E-state index is 0.0634. The van der Waals surface area contributed by atoms with Crippen LogP contribution in [0.1, 0.15) is 16.2 Å². The van der Waals surface area contributed by atoms with E-state index >= 15 is 0 Å². The molecule has 0 spiro atoms. The Hall–Kier alpha value is -2.39. The number of nitrogens with zero attached hydrogens (tertiary/aromatic N) is 2. The molecule has 0 bridgehead atoms. The average Bonchev–Trinajstić information content (AvgIpc) is 3.14. The van der Waals surface area contributed by atoms with Crippen LogP contribution < -0.4 is 10.1 Å². The molecular formula is C17H13Br2N3O4. The summed E-state index contributed by atoms with van der Waals surface area (Å²) in [5.41, 5.74) is 1.46. The molecule has 2 N–H and O–H groups in total. The van der Waals surface area contributed by atoms with Crippen LogP contribution in [0.4, 0.5) is 0 Å². The Bertz CT molecular complexity index is 936. The van der Waals surface area contributed by atoms with E-state index in [0.717, 1.165) is 5.56 Å². The summed E-state index contributed by atoms with van der Waals surface area (Å²) >= 11 is 6.47. The zero-order chi connectivity index (χ0) is 18.7. The number of benzene rings is 2. The largest absolute Gasteiger partial charge is 0.506 e. The SMILES string of the molecule is COc1cccc(CNC(=O)c2nc(-c3cc(Br)c(O)c(Br)c3)no2)c1. The highest BCUT2D eigenvalue weighted by Gasteiger charge is 2.17. The predicted molar refractivity (Wildman–Crippen MR) is 101 cm³/mol. The second-order valence-corrected chi connectivity index (χ2v) is 6.95. The predicted octanol–water partition coefficient (Wildman–Crippen LogP) is 3.91. The van der Waals surface area contributed by atoms with Gasteiger partial charge in [0, 0.05) is 12.1 Å². The van der Waals surface area contributed by atoms with Gasteiger partial charge in [0.1, 0.15) is 11.5 Å². The number of carbonyl (C=O) groups is 1. The van der Waals surface area contributed by atoms with Crippen LogP contribution >= 0.6 is 31.9 Å². The van der Waals surface area contributed by atoms with Gasteiger partial charge in [-0.1, -0.05) is 17.3 Å². The minimum Gasteiger partial charge on any atom is -0.506 e. The van der Waals surface area contributed by atoms with Gasteiger partial charge in [0.25, 0.3) is 0 Å².